The summed E-state index contributed by atoms with van der Waals surface area (Å²) in [7, 11) is -2.17. The maximum Gasteiger partial charge on any atom is 0.264 e. The van der Waals surface area contributed by atoms with Gasteiger partial charge in [0, 0.05) is 12.7 Å². The zero-order valence-electron chi connectivity index (χ0n) is 14.3. The van der Waals surface area contributed by atoms with Gasteiger partial charge in [-0.25, -0.2) is 18.4 Å². The molecule has 0 atom stereocenters. The molecule has 0 radical (unpaired) electrons. The fourth-order valence-corrected chi connectivity index (χ4v) is 3.43. The van der Waals surface area contributed by atoms with Crippen LogP contribution in [0.2, 0.25) is 0 Å². The molecule has 0 spiro atoms. The second-order valence-corrected chi connectivity index (χ2v) is 7.30. The van der Waals surface area contributed by atoms with Crippen molar-refractivity contribution in [2.24, 2.45) is 0 Å². The Kier molecular flexibility index (Phi) is 5.60. The summed E-state index contributed by atoms with van der Waals surface area (Å²) >= 11 is 0. The van der Waals surface area contributed by atoms with E-state index in [1.165, 1.54) is 12.4 Å². The van der Waals surface area contributed by atoms with Gasteiger partial charge in [0.15, 0.2) is 5.82 Å². The van der Waals surface area contributed by atoms with E-state index in [0.717, 1.165) is 11.1 Å². The number of sulfonamides is 1. The van der Waals surface area contributed by atoms with Crippen LogP contribution in [-0.2, 0) is 21.2 Å². The number of para-hydroxylation sites is 1. The molecule has 0 amide bonds. The lowest BCUT2D eigenvalue weighted by Crippen LogP contribution is -2.15. The lowest BCUT2D eigenvalue weighted by Gasteiger charge is -2.12. The van der Waals surface area contributed by atoms with E-state index in [0.29, 0.717) is 24.5 Å². The Bertz CT molecular complexity index is 959. The van der Waals surface area contributed by atoms with Gasteiger partial charge < -0.3 is 4.74 Å². The Morgan fingerprint density at radius 1 is 0.962 bits per heavy atom. The maximum absolute atomic E-state index is 12.7. The Balaban J connectivity index is 1.83. The van der Waals surface area contributed by atoms with E-state index in [1.807, 2.05) is 42.5 Å². The van der Waals surface area contributed by atoms with E-state index < -0.39 is 10.0 Å². The van der Waals surface area contributed by atoms with Gasteiger partial charge in [-0.1, -0.05) is 48.5 Å². The average Bonchev–Trinajstić information content (AvgIpc) is 2.68. The minimum Gasteiger partial charge on any atom is -0.384 e. The predicted molar refractivity (Wildman–Crippen MR) is 100 cm³/mol. The highest BCUT2D eigenvalue weighted by Crippen LogP contribution is 2.21. The van der Waals surface area contributed by atoms with E-state index in [4.69, 9.17) is 4.74 Å². The number of hydrogen-bond acceptors (Lipinski definition) is 5. The van der Waals surface area contributed by atoms with Crippen molar-refractivity contribution in [1.29, 1.82) is 0 Å². The fourth-order valence-electron chi connectivity index (χ4n) is 2.44. The van der Waals surface area contributed by atoms with Crippen LogP contribution in [0.4, 0.5) is 5.69 Å². The minimum atomic E-state index is -3.78. The number of ether oxygens (including phenoxy) is 1. The van der Waals surface area contributed by atoms with Crippen molar-refractivity contribution in [1.82, 2.24) is 9.97 Å². The van der Waals surface area contributed by atoms with Gasteiger partial charge in [0.2, 0.25) is 0 Å². The zero-order chi connectivity index (χ0) is 18.4. The molecular weight excluding hydrogens is 350 g/mol. The highest BCUT2D eigenvalue weighted by molar-refractivity contribution is 7.92. The van der Waals surface area contributed by atoms with Gasteiger partial charge in [-0.15, -0.1) is 0 Å². The van der Waals surface area contributed by atoms with Gasteiger partial charge in [0.25, 0.3) is 10.0 Å². The van der Waals surface area contributed by atoms with Gasteiger partial charge in [0.05, 0.1) is 24.7 Å². The summed E-state index contributed by atoms with van der Waals surface area (Å²) in [5.74, 6) is 0.477. The average molecular weight is 369 g/mol. The number of benzene rings is 2. The number of nitrogens with zero attached hydrogens (tertiary/aromatic N) is 2. The first kappa shape index (κ1) is 18.0. The first-order valence-corrected chi connectivity index (χ1v) is 9.55. The Morgan fingerprint density at radius 2 is 1.62 bits per heavy atom. The molecule has 2 aromatic carbocycles. The lowest BCUT2D eigenvalue weighted by molar-refractivity contribution is 0.202. The van der Waals surface area contributed by atoms with Gasteiger partial charge in [-0.2, -0.15) is 0 Å². The zero-order valence-corrected chi connectivity index (χ0v) is 15.1. The van der Waals surface area contributed by atoms with Gasteiger partial charge >= 0.3 is 0 Å². The second kappa shape index (κ2) is 8.07. The van der Waals surface area contributed by atoms with E-state index in [9.17, 15) is 8.42 Å². The van der Waals surface area contributed by atoms with Crippen LogP contribution in [0.25, 0.3) is 11.4 Å². The van der Waals surface area contributed by atoms with Gasteiger partial charge in [0.1, 0.15) is 4.90 Å². The summed E-state index contributed by atoms with van der Waals surface area (Å²) in [6, 6.07) is 16.6. The summed E-state index contributed by atoms with van der Waals surface area (Å²) in [5, 5.41) is 0. The van der Waals surface area contributed by atoms with E-state index in [2.05, 4.69) is 14.7 Å². The first-order chi connectivity index (χ1) is 12.6. The van der Waals surface area contributed by atoms with Crippen molar-refractivity contribution in [2.75, 3.05) is 18.4 Å². The standard InChI is InChI=1S/C19H19N3O3S/c1-25-12-11-15-7-5-6-10-18(15)22-26(23,24)17-13-20-19(21-14-17)16-8-3-2-4-9-16/h2-10,13-14,22H,11-12H2,1H3. The largest absolute Gasteiger partial charge is 0.384 e. The summed E-state index contributed by atoms with van der Waals surface area (Å²) in [5.41, 5.74) is 2.21. The third kappa shape index (κ3) is 4.25. The van der Waals surface area contributed by atoms with E-state index >= 15 is 0 Å². The van der Waals surface area contributed by atoms with Crippen LogP contribution >= 0.6 is 0 Å². The monoisotopic (exact) mass is 369 g/mol. The normalized spacial score (nSPS) is 11.3. The van der Waals surface area contributed by atoms with Gasteiger partial charge in [-0.3, -0.25) is 4.72 Å². The SMILES string of the molecule is COCCc1ccccc1NS(=O)(=O)c1cnc(-c2ccccc2)nc1. The number of hydrogen-bond donors (Lipinski definition) is 1. The number of nitrogens with one attached hydrogen (secondary N) is 1. The third-order valence-corrected chi connectivity index (χ3v) is 5.13. The smallest absolute Gasteiger partial charge is 0.264 e. The lowest BCUT2D eigenvalue weighted by atomic mass is 10.1. The van der Waals surface area contributed by atoms with Crippen molar-refractivity contribution in [3.8, 4) is 11.4 Å². The van der Waals surface area contributed by atoms with Crippen molar-refractivity contribution in [2.45, 2.75) is 11.3 Å². The number of rotatable bonds is 7. The number of aromatic nitrogens is 2. The molecule has 7 heteroatoms. The molecule has 0 bridgehead atoms. The third-order valence-electron chi connectivity index (χ3n) is 3.81. The summed E-state index contributed by atoms with van der Waals surface area (Å²) in [6.07, 6.45) is 3.24. The van der Waals surface area contributed by atoms with Crippen molar-refractivity contribution in [3.63, 3.8) is 0 Å². The van der Waals surface area contributed by atoms with Crippen molar-refractivity contribution >= 4 is 15.7 Å². The molecule has 0 aliphatic rings. The molecule has 3 aromatic rings. The Morgan fingerprint density at radius 3 is 2.31 bits per heavy atom. The van der Waals surface area contributed by atoms with E-state index in [1.54, 1.807) is 19.2 Å². The fraction of sp³-hybridized carbons (Fsp3) is 0.158. The summed E-state index contributed by atoms with van der Waals surface area (Å²) in [6.45, 7) is 0.508. The van der Waals surface area contributed by atoms with Gasteiger partial charge in [-0.05, 0) is 18.1 Å². The molecule has 0 unspecified atom stereocenters. The molecular formula is C19H19N3O3S. The van der Waals surface area contributed by atoms with E-state index in [-0.39, 0.29) is 4.90 Å². The predicted octanol–water partition coefficient (Wildman–Crippen LogP) is 3.13. The van der Waals surface area contributed by atoms with Crippen LogP contribution in [0, 0.1) is 0 Å². The summed E-state index contributed by atoms with van der Waals surface area (Å²) < 4.78 is 33.0. The van der Waals surface area contributed by atoms with Crippen LogP contribution in [0.1, 0.15) is 5.56 Å². The van der Waals surface area contributed by atoms with Crippen LogP contribution in [0.15, 0.2) is 71.9 Å². The van der Waals surface area contributed by atoms with Crippen molar-refractivity contribution in [3.05, 3.63) is 72.6 Å². The van der Waals surface area contributed by atoms with Crippen LogP contribution in [0.5, 0.6) is 0 Å². The molecule has 0 aliphatic carbocycles. The van der Waals surface area contributed by atoms with Crippen molar-refractivity contribution < 1.29 is 13.2 Å². The first-order valence-electron chi connectivity index (χ1n) is 8.07. The Labute approximate surface area is 153 Å². The number of methoxy groups -OCH3 is 1. The van der Waals surface area contributed by atoms with Crippen LogP contribution in [0.3, 0.4) is 0 Å². The topological polar surface area (TPSA) is 81.2 Å². The molecule has 3 rings (SSSR count). The molecule has 6 nitrogen and oxygen atoms in total. The molecule has 0 saturated heterocycles. The minimum absolute atomic E-state index is 0.0127. The molecule has 1 aromatic heterocycles. The maximum atomic E-state index is 12.7. The molecule has 0 saturated carbocycles. The molecule has 0 fully saturated rings. The highest BCUT2D eigenvalue weighted by atomic mass is 32.2. The van der Waals surface area contributed by atoms with Crippen LogP contribution in [-0.4, -0.2) is 32.1 Å². The Hall–Kier alpha value is -2.77. The molecule has 0 aliphatic heterocycles. The highest BCUT2D eigenvalue weighted by Gasteiger charge is 2.17. The summed E-state index contributed by atoms with van der Waals surface area (Å²) in [4.78, 5) is 8.37. The van der Waals surface area contributed by atoms with Crippen LogP contribution < -0.4 is 4.72 Å². The quantitative estimate of drug-likeness (QED) is 0.692. The molecule has 1 heterocycles. The molecule has 134 valence electrons. The number of anilines is 1. The second-order valence-electron chi connectivity index (χ2n) is 5.61. The molecule has 1 N–H and O–H groups in total. The molecule has 26 heavy (non-hydrogen) atoms.